The van der Waals surface area contributed by atoms with Crippen molar-refractivity contribution in [1.29, 1.82) is 0 Å². The lowest BCUT2D eigenvalue weighted by Gasteiger charge is -2.04. The highest BCUT2D eigenvalue weighted by atomic mass is 32.2. The Morgan fingerprint density at radius 3 is 1.72 bits per heavy atom. The van der Waals surface area contributed by atoms with E-state index in [2.05, 4.69) is 28.4 Å². The van der Waals surface area contributed by atoms with Crippen molar-refractivity contribution in [2.24, 2.45) is 0 Å². The summed E-state index contributed by atoms with van der Waals surface area (Å²) in [4.78, 5) is 0. The van der Waals surface area contributed by atoms with Gasteiger partial charge in [-0.1, -0.05) is 115 Å². The highest BCUT2D eigenvalue weighted by molar-refractivity contribution is 7.99. The minimum atomic E-state index is 0.942. The lowest BCUT2D eigenvalue weighted by Crippen LogP contribution is -1.93. The Labute approximate surface area is 182 Å². The van der Waals surface area contributed by atoms with Gasteiger partial charge < -0.3 is 0 Å². The molecule has 0 unspecified atom stereocenters. The van der Waals surface area contributed by atoms with Crippen LogP contribution in [0.5, 0.6) is 0 Å². The van der Waals surface area contributed by atoms with E-state index in [9.17, 15) is 0 Å². The highest BCUT2D eigenvalue weighted by Gasteiger charge is 2.04. The molecule has 0 aliphatic carbocycles. The molecule has 0 aliphatic heterocycles. The quantitative estimate of drug-likeness (QED) is 0.181. The van der Waals surface area contributed by atoms with Crippen LogP contribution in [0.3, 0.4) is 0 Å². The number of benzene rings is 1. The second kappa shape index (κ2) is 16.6. The summed E-state index contributed by atoms with van der Waals surface area (Å²) in [5.74, 6) is 1.13. The fourth-order valence-corrected chi connectivity index (χ4v) is 4.80. The van der Waals surface area contributed by atoms with Crippen LogP contribution in [0.15, 0.2) is 29.3 Å². The van der Waals surface area contributed by atoms with E-state index in [1.54, 1.807) is 0 Å². The summed E-state index contributed by atoms with van der Waals surface area (Å²) in [7, 11) is 0. The molecule has 162 valence electrons. The number of nitrogens with zero attached hydrogens (tertiary/aromatic N) is 3. The van der Waals surface area contributed by atoms with Crippen LogP contribution in [-0.4, -0.2) is 21.2 Å². The summed E-state index contributed by atoms with van der Waals surface area (Å²) in [5, 5.41) is 14.4. The Morgan fingerprint density at radius 1 is 0.621 bits per heavy atom. The van der Waals surface area contributed by atoms with E-state index in [4.69, 9.17) is 0 Å². The summed E-state index contributed by atoms with van der Waals surface area (Å²) >= 11 is 1.82. The third kappa shape index (κ3) is 11.0. The Hall–Kier alpha value is -1.16. The lowest BCUT2D eigenvalue weighted by atomic mass is 10.0. The number of hydrogen-bond acceptors (Lipinski definition) is 4. The van der Waals surface area contributed by atoms with Crippen LogP contribution in [0.4, 0.5) is 0 Å². The summed E-state index contributed by atoms with van der Waals surface area (Å²) in [5.41, 5.74) is 0.942. The van der Waals surface area contributed by atoms with Gasteiger partial charge >= 0.3 is 0 Å². The third-order valence-corrected chi connectivity index (χ3v) is 6.73. The third-order valence-electron chi connectivity index (χ3n) is 5.66. The van der Waals surface area contributed by atoms with Gasteiger partial charge in [-0.2, -0.15) is 0 Å². The molecule has 4 heteroatoms. The molecule has 1 aromatic heterocycles. The van der Waals surface area contributed by atoms with Crippen LogP contribution < -0.4 is 0 Å². The number of aromatic nitrogens is 3. The molecule has 2 aromatic rings. The van der Waals surface area contributed by atoms with Gasteiger partial charge in [0.1, 0.15) is 5.03 Å². The molecule has 0 atom stereocenters. The van der Waals surface area contributed by atoms with Crippen molar-refractivity contribution in [2.75, 3.05) is 5.75 Å². The molecule has 1 aromatic carbocycles. The topological polar surface area (TPSA) is 38.7 Å². The molecule has 0 saturated heterocycles. The van der Waals surface area contributed by atoms with Crippen molar-refractivity contribution in [1.82, 2.24) is 15.4 Å². The van der Waals surface area contributed by atoms with Crippen molar-refractivity contribution < 1.29 is 0 Å². The minimum Gasteiger partial charge on any atom is -0.130 e. The van der Waals surface area contributed by atoms with Crippen molar-refractivity contribution in [3.05, 3.63) is 24.3 Å². The van der Waals surface area contributed by atoms with Crippen LogP contribution in [0.1, 0.15) is 110 Å². The standard InChI is InChI=1S/C25H41N3S/c1-2-3-4-5-6-7-8-9-10-11-12-13-14-15-16-19-22-29-25-23-20-17-18-21-24(23)26-28-27-25/h17-18,20-21H,2-16,19,22H2,1H3. The summed E-state index contributed by atoms with van der Waals surface area (Å²) < 4.78 is 0. The van der Waals surface area contributed by atoms with Crippen LogP contribution in [0.25, 0.3) is 10.9 Å². The van der Waals surface area contributed by atoms with Crippen LogP contribution >= 0.6 is 11.8 Å². The molecule has 2 rings (SSSR count). The minimum absolute atomic E-state index is 0.942. The Bertz CT molecular complexity index is 642. The molecule has 1 heterocycles. The van der Waals surface area contributed by atoms with Crippen molar-refractivity contribution >= 4 is 22.7 Å². The maximum atomic E-state index is 4.22. The van der Waals surface area contributed by atoms with Crippen LogP contribution in [0.2, 0.25) is 0 Å². The highest BCUT2D eigenvalue weighted by Crippen LogP contribution is 2.24. The number of fused-ring (bicyclic) bond motifs is 1. The molecular formula is C25H41N3S. The number of hydrogen-bond donors (Lipinski definition) is 0. The molecule has 0 fully saturated rings. The zero-order valence-corrected chi connectivity index (χ0v) is 19.4. The van der Waals surface area contributed by atoms with E-state index in [0.717, 1.165) is 21.7 Å². The van der Waals surface area contributed by atoms with Gasteiger partial charge in [0.15, 0.2) is 0 Å². The molecule has 0 aliphatic rings. The first-order valence-electron chi connectivity index (χ1n) is 12.1. The maximum absolute atomic E-state index is 4.22. The predicted molar refractivity (Wildman–Crippen MR) is 128 cm³/mol. The van der Waals surface area contributed by atoms with Crippen molar-refractivity contribution in [3.63, 3.8) is 0 Å². The van der Waals surface area contributed by atoms with Gasteiger partial charge in [0, 0.05) is 5.39 Å². The molecule has 0 bridgehead atoms. The van der Waals surface area contributed by atoms with Gasteiger partial charge in [-0.15, -0.1) is 22.0 Å². The molecule has 0 radical (unpaired) electrons. The van der Waals surface area contributed by atoms with E-state index in [1.165, 1.54) is 103 Å². The largest absolute Gasteiger partial charge is 0.130 e. The van der Waals surface area contributed by atoms with E-state index in [1.807, 2.05) is 30.0 Å². The van der Waals surface area contributed by atoms with E-state index in [0.29, 0.717) is 0 Å². The lowest BCUT2D eigenvalue weighted by molar-refractivity contribution is 0.531. The Morgan fingerprint density at radius 2 is 1.14 bits per heavy atom. The van der Waals surface area contributed by atoms with Crippen molar-refractivity contribution in [2.45, 2.75) is 115 Å². The van der Waals surface area contributed by atoms with E-state index < -0.39 is 0 Å². The average Bonchev–Trinajstić information content (AvgIpc) is 2.76. The van der Waals surface area contributed by atoms with Gasteiger partial charge in [-0.25, -0.2) is 0 Å². The summed E-state index contributed by atoms with van der Waals surface area (Å²) in [6, 6.07) is 8.14. The summed E-state index contributed by atoms with van der Waals surface area (Å²) in [6.45, 7) is 2.29. The molecule has 29 heavy (non-hydrogen) atoms. The van der Waals surface area contributed by atoms with Crippen LogP contribution in [-0.2, 0) is 0 Å². The second-order valence-electron chi connectivity index (χ2n) is 8.26. The molecule has 3 nitrogen and oxygen atoms in total. The number of unbranched alkanes of at least 4 members (excludes halogenated alkanes) is 15. The van der Waals surface area contributed by atoms with Crippen LogP contribution in [0, 0.1) is 0 Å². The fourth-order valence-electron chi connectivity index (χ4n) is 3.83. The van der Waals surface area contributed by atoms with E-state index in [-0.39, 0.29) is 0 Å². The number of rotatable bonds is 18. The fraction of sp³-hybridized carbons (Fsp3) is 0.720. The predicted octanol–water partition coefficient (Wildman–Crippen LogP) is 8.38. The second-order valence-corrected chi connectivity index (χ2v) is 9.35. The van der Waals surface area contributed by atoms with E-state index >= 15 is 0 Å². The van der Waals surface area contributed by atoms with Gasteiger partial charge in [0.05, 0.1) is 5.52 Å². The Kier molecular flexibility index (Phi) is 13.8. The zero-order valence-electron chi connectivity index (χ0n) is 18.6. The Balaban J connectivity index is 1.35. The van der Waals surface area contributed by atoms with Crippen molar-refractivity contribution in [3.8, 4) is 0 Å². The molecule has 0 saturated carbocycles. The monoisotopic (exact) mass is 415 g/mol. The SMILES string of the molecule is CCCCCCCCCCCCCCCCCCSc1nnnc2ccccc12. The normalized spacial score (nSPS) is 11.3. The van der Waals surface area contributed by atoms with Gasteiger partial charge in [0.25, 0.3) is 0 Å². The zero-order chi connectivity index (χ0) is 20.4. The maximum Gasteiger partial charge on any atom is 0.130 e. The first kappa shape index (κ1) is 24.1. The molecule has 0 N–H and O–H groups in total. The number of thioether (sulfide) groups is 1. The first-order chi connectivity index (χ1) is 14.4. The first-order valence-corrected chi connectivity index (χ1v) is 13.1. The van der Waals surface area contributed by atoms with Gasteiger partial charge in [-0.3, -0.25) is 0 Å². The molecule has 0 spiro atoms. The molecule has 0 amide bonds. The summed E-state index contributed by atoms with van der Waals surface area (Å²) in [6.07, 6.45) is 22.7. The average molecular weight is 416 g/mol. The smallest absolute Gasteiger partial charge is 0.130 e. The van der Waals surface area contributed by atoms with Gasteiger partial charge in [-0.05, 0) is 29.5 Å². The van der Waals surface area contributed by atoms with Gasteiger partial charge in [0.2, 0.25) is 0 Å². The molecular weight excluding hydrogens is 374 g/mol.